The molecule has 0 atom stereocenters. The molecule has 0 aliphatic heterocycles. The van der Waals surface area contributed by atoms with E-state index in [0.717, 1.165) is 10.8 Å². The molecule has 1 aromatic heterocycles. The molecule has 1 heterocycles. The third-order valence-electron chi connectivity index (χ3n) is 2.89. The number of benzene rings is 2. The summed E-state index contributed by atoms with van der Waals surface area (Å²) in [5, 5.41) is 1.90. The van der Waals surface area contributed by atoms with Crippen LogP contribution < -0.4 is 10.5 Å². The normalized spacial score (nSPS) is 10.7. The summed E-state index contributed by atoms with van der Waals surface area (Å²) >= 11 is 6.03. The van der Waals surface area contributed by atoms with Crippen LogP contribution in [0, 0.1) is 5.82 Å². The number of pyridine rings is 1. The predicted molar refractivity (Wildman–Crippen MR) is 77.6 cm³/mol. The van der Waals surface area contributed by atoms with E-state index in [-0.39, 0.29) is 5.75 Å². The van der Waals surface area contributed by atoms with Crippen molar-refractivity contribution < 1.29 is 9.13 Å². The zero-order valence-corrected chi connectivity index (χ0v) is 11.1. The molecule has 0 radical (unpaired) electrons. The number of nitrogen functional groups attached to an aromatic ring is 1. The second-order valence-electron chi connectivity index (χ2n) is 4.25. The average Bonchev–Trinajstić information content (AvgIpc) is 2.45. The minimum atomic E-state index is -0.524. The average molecular weight is 289 g/mol. The Morgan fingerprint density at radius 2 is 1.80 bits per heavy atom. The van der Waals surface area contributed by atoms with E-state index in [0.29, 0.717) is 16.6 Å². The van der Waals surface area contributed by atoms with Gasteiger partial charge in [0.2, 0.25) is 0 Å². The molecule has 2 aromatic carbocycles. The van der Waals surface area contributed by atoms with Crippen molar-refractivity contribution in [3.05, 3.63) is 59.6 Å². The molecule has 0 aliphatic carbocycles. The fourth-order valence-electron chi connectivity index (χ4n) is 1.93. The lowest BCUT2D eigenvalue weighted by Gasteiger charge is -2.10. The summed E-state index contributed by atoms with van der Waals surface area (Å²) in [7, 11) is 0. The Labute approximate surface area is 119 Å². The van der Waals surface area contributed by atoms with E-state index < -0.39 is 5.82 Å². The summed E-state index contributed by atoms with van der Waals surface area (Å²) in [6.07, 6.45) is 1.47. The molecule has 3 rings (SSSR count). The molecule has 0 aliphatic rings. The van der Waals surface area contributed by atoms with E-state index in [1.165, 1.54) is 18.3 Å². The molecular formula is C15H10ClFN2O. The molecular weight excluding hydrogens is 279 g/mol. The van der Waals surface area contributed by atoms with Crippen molar-refractivity contribution in [3.63, 3.8) is 0 Å². The lowest BCUT2D eigenvalue weighted by Crippen LogP contribution is -1.93. The molecule has 0 amide bonds. The molecule has 0 saturated heterocycles. The molecule has 2 N–H and O–H groups in total. The Bertz CT molecular complexity index is 792. The van der Waals surface area contributed by atoms with Gasteiger partial charge in [-0.1, -0.05) is 35.9 Å². The summed E-state index contributed by atoms with van der Waals surface area (Å²) in [6.45, 7) is 0. The van der Waals surface area contributed by atoms with Gasteiger partial charge in [-0.3, -0.25) is 0 Å². The largest absolute Gasteiger partial charge is 0.452 e. The van der Waals surface area contributed by atoms with Gasteiger partial charge in [0, 0.05) is 22.5 Å². The van der Waals surface area contributed by atoms with Crippen LogP contribution in [0.4, 0.5) is 10.1 Å². The number of fused-ring (bicyclic) bond motifs is 1. The molecule has 0 bridgehead atoms. The molecule has 0 saturated carbocycles. The first-order valence-corrected chi connectivity index (χ1v) is 6.29. The highest BCUT2D eigenvalue weighted by molar-refractivity contribution is 6.34. The van der Waals surface area contributed by atoms with E-state index >= 15 is 0 Å². The number of halogens is 2. The zero-order valence-electron chi connectivity index (χ0n) is 10.3. The van der Waals surface area contributed by atoms with Crippen LogP contribution in [-0.4, -0.2) is 4.98 Å². The minimum Gasteiger partial charge on any atom is -0.452 e. The number of aromatic nitrogens is 1. The van der Waals surface area contributed by atoms with Crippen LogP contribution in [-0.2, 0) is 0 Å². The van der Waals surface area contributed by atoms with Crippen LogP contribution in [0.5, 0.6) is 11.5 Å². The molecule has 3 nitrogen and oxygen atoms in total. The second-order valence-corrected chi connectivity index (χ2v) is 4.61. The molecule has 5 heteroatoms. The van der Waals surface area contributed by atoms with E-state index in [9.17, 15) is 4.39 Å². The summed E-state index contributed by atoms with van der Waals surface area (Å²) in [5.41, 5.74) is 5.85. The Morgan fingerprint density at radius 3 is 2.55 bits per heavy atom. The maximum Gasteiger partial charge on any atom is 0.167 e. The molecule has 0 fully saturated rings. The van der Waals surface area contributed by atoms with Crippen molar-refractivity contribution in [3.8, 4) is 11.5 Å². The molecule has 3 aromatic rings. The van der Waals surface area contributed by atoms with Crippen molar-refractivity contribution in [2.45, 2.75) is 0 Å². The minimum absolute atomic E-state index is 0.0912. The number of hydrogen-bond donors (Lipinski definition) is 1. The highest BCUT2D eigenvalue weighted by atomic mass is 35.5. The third kappa shape index (κ3) is 2.26. The number of rotatable bonds is 2. The molecule has 0 unspecified atom stereocenters. The van der Waals surface area contributed by atoms with Crippen LogP contribution in [0.2, 0.25) is 5.15 Å². The number of anilines is 1. The van der Waals surface area contributed by atoms with Crippen molar-refractivity contribution in [1.29, 1.82) is 0 Å². The van der Waals surface area contributed by atoms with E-state index in [4.69, 9.17) is 22.1 Å². The predicted octanol–water partition coefficient (Wildman–Crippen LogP) is 4.40. The highest BCUT2D eigenvalue weighted by Crippen LogP contribution is 2.33. The first-order chi connectivity index (χ1) is 9.65. The van der Waals surface area contributed by atoms with Gasteiger partial charge in [0.1, 0.15) is 5.15 Å². The van der Waals surface area contributed by atoms with Gasteiger partial charge in [0.05, 0.1) is 6.20 Å². The third-order valence-corrected chi connectivity index (χ3v) is 3.19. The van der Waals surface area contributed by atoms with Crippen molar-refractivity contribution in [1.82, 2.24) is 4.98 Å². The van der Waals surface area contributed by atoms with E-state index in [1.54, 1.807) is 6.07 Å². The fraction of sp³-hybridized carbons (Fsp3) is 0. The van der Waals surface area contributed by atoms with Crippen LogP contribution in [0.1, 0.15) is 0 Å². The van der Waals surface area contributed by atoms with Gasteiger partial charge in [0.15, 0.2) is 17.3 Å². The van der Waals surface area contributed by atoms with Gasteiger partial charge in [0.25, 0.3) is 0 Å². The Kier molecular flexibility index (Phi) is 3.16. The van der Waals surface area contributed by atoms with Crippen LogP contribution in [0.25, 0.3) is 10.8 Å². The lowest BCUT2D eigenvalue weighted by atomic mass is 10.1. The second kappa shape index (κ2) is 4.98. The standard InChI is InChI=1S/C15H10ClFN2O/c16-15-11-4-2-1-3-10(11)14(8-19-15)20-13-6-5-9(18)7-12(13)17/h1-8H,18H2. The topological polar surface area (TPSA) is 48.1 Å². The molecule has 0 spiro atoms. The Balaban J connectivity index is 2.09. The van der Waals surface area contributed by atoms with Gasteiger partial charge in [-0.25, -0.2) is 9.37 Å². The summed E-state index contributed by atoms with van der Waals surface area (Å²) in [6, 6.07) is 11.6. The monoisotopic (exact) mass is 288 g/mol. The summed E-state index contributed by atoms with van der Waals surface area (Å²) in [4.78, 5) is 4.04. The summed E-state index contributed by atoms with van der Waals surface area (Å²) in [5.74, 6) is 0.00572. The van der Waals surface area contributed by atoms with Crippen LogP contribution in [0.3, 0.4) is 0 Å². The summed E-state index contributed by atoms with van der Waals surface area (Å²) < 4.78 is 19.3. The van der Waals surface area contributed by atoms with Crippen LogP contribution in [0.15, 0.2) is 48.7 Å². The zero-order chi connectivity index (χ0) is 14.1. The van der Waals surface area contributed by atoms with E-state index in [1.807, 2.05) is 24.3 Å². The smallest absolute Gasteiger partial charge is 0.167 e. The number of nitrogens with two attached hydrogens (primary N) is 1. The SMILES string of the molecule is Nc1ccc(Oc2cnc(Cl)c3ccccc23)c(F)c1. The fourth-order valence-corrected chi connectivity index (χ4v) is 2.15. The number of ether oxygens (including phenoxy) is 1. The Morgan fingerprint density at radius 1 is 1.05 bits per heavy atom. The van der Waals surface area contributed by atoms with Gasteiger partial charge < -0.3 is 10.5 Å². The number of hydrogen-bond acceptors (Lipinski definition) is 3. The van der Waals surface area contributed by atoms with Gasteiger partial charge >= 0.3 is 0 Å². The lowest BCUT2D eigenvalue weighted by molar-refractivity contribution is 0.445. The maximum absolute atomic E-state index is 13.8. The van der Waals surface area contributed by atoms with Crippen molar-refractivity contribution in [2.24, 2.45) is 0 Å². The van der Waals surface area contributed by atoms with Gasteiger partial charge in [-0.15, -0.1) is 0 Å². The van der Waals surface area contributed by atoms with Gasteiger partial charge in [-0.05, 0) is 12.1 Å². The van der Waals surface area contributed by atoms with Crippen molar-refractivity contribution in [2.75, 3.05) is 5.73 Å². The maximum atomic E-state index is 13.8. The Hall–Kier alpha value is -2.33. The molecule has 100 valence electrons. The van der Waals surface area contributed by atoms with E-state index in [2.05, 4.69) is 4.98 Å². The van der Waals surface area contributed by atoms with Crippen molar-refractivity contribution >= 4 is 28.1 Å². The highest BCUT2D eigenvalue weighted by Gasteiger charge is 2.10. The first-order valence-electron chi connectivity index (χ1n) is 5.91. The van der Waals surface area contributed by atoms with Gasteiger partial charge in [-0.2, -0.15) is 0 Å². The quantitative estimate of drug-likeness (QED) is 0.561. The van der Waals surface area contributed by atoms with Crippen LogP contribution >= 0.6 is 11.6 Å². The number of nitrogens with zero attached hydrogens (tertiary/aromatic N) is 1. The molecule has 20 heavy (non-hydrogen) atoms. The first kappa shape index (κ1) is 12.7.